The second-order valence-electron chi connectivity index (χ2n) is 8.01. The average Bonchev–Trinajstić information content (AvgIpc) is 3.48. The molecular formula is C22H22F5N5O4. The predicted molar refractivity (Wildman–Crippen MR) is 114 cm³/mol. The van der Waals surface area contributed by atoms with E-state index in [1.165, 1.54) is 19.2 Å². The fourth-order valence-electron chi connectivity index (χ4n) is 3.97. The van der Waals surface area contributed by atoms with E-state index in [-0.39, 0.29) is 23.7 Å². The van der Waals surface area contributed by atoms with Gasteiger partial charge in [0.1, 0.15) is 23.0 Å². The topological polar surface area (TPSA) is 100 Å². The van der Waals surface area contributed by atoms with Crippen LogP contribution in [0.5, 0.6) is 5.75 Å². The number of rotatable bonds is 9. The van der Waals surface area contributed by atoms with Crippen molar-refractivity contribution in [1.82, 2.24) is 24.8 Å². The van der Waals surface area contributed by atoms with Crippen molar-refractivity contribution in [2.75, 3.05) is 26.9 Å². The molecule has 1 fully saturated rings. The molecule has 0 unspecified atom stereocenters. The molecule has 0 saturated carbocycles. The zero-order valence-electron chi connectivity index (χ0n) is 19.0. The van der Waals surface area contributed by atoms with Gasteiger partial charge in [0.05, 0.1) is 42.7 Å². The van der Waals surface area contributed by atoms with Crippen LogP contribution in [0, 0.1) is 5.92 Å². The van der Waals surface area contributed by atoms with E-state index in [9.17, 15) is 26.7 Å². The van der Waals surface area contributed by atoms with Gasteiger partial charge in [-0.2, -0.15) is 0 Å². The Morgan fingerprint density at radius 2 is 2.08 bits per heavy atom. The molecule has 2 atom stereocenters. The van der Waals surface area contributed by atoms with Crippen LogP contribution in [-0.2, 0) is 16.0 Å². The third-order valence-electron chi connectivity index (χ3n) is 5.63. The summed E-state index contributed by atoms with van der Waals surface area (Å²) in [6.45, 7) is 1.31. The molecule has 36 heavy (non-hydrogen) atoms. The van der Waals surface area contributed by atoms with Crippen molar-refractivity contribution in [2.45, 2.75) is 31.8 Å². The van der Waals surface area contributed by atoms with E-state index in [0.29, 0.717) is 37.5 Å². The first-order valence-corrected chi connectivity index (χ1v) is 10.9. The van der Waals surface area contributed by atoms with E-state index in [4.69, 9.17) is 9.47 Å². The molecule has 9 nitrogen and oxygen atoms in total. The summed E-state index contributed by atoms with van der Waals surface area (Å²) in [7, 11) is 1.50. The summed E-state index contributed by atoms with van der Waals surface area (Å²) >= 11 is 0. The third-order valence-corrected chi connectivity index (χ3v) is 5.63. The van der Waals surface area contributed by atoms with Crippen LogP contribution >= 0.6 is 0 Å². The number of methoxy groups -OCH3 is 1. The molecule has 1 N–H and O–H groups in total. The lowest BCUT2D eigenvalue weighted by atomic mass is 9.98. The number of alkyl halides is 5. The quantitative estimate of drug-likeness (QED) is 0.433. The number of halogens is 5. The van der Waals surface area contributed by atoms with Crippen molar-refractivity contribution in [3.8, 4) is 5.75 Å². The number of carbonyl (C=O) groups excluding carboxylic acids is 1. The predicted octanol–water partition coefficient (Wildman–Crippen LogP) is 3.82. The molecule has 1 amide bonds. The Kier molecular flexibility index (Phi) is 7.64. The van der Waals surface area contributed by atoms with Gasteiger partial charge in [-0.1, -0.05) is 0 Å². The number of nitrogens with zero attached hydrogens (tertiary/aromatic N) is 4. The highest BCUT2D eigenvalue weighted by atomic mass is 19.4. The van der Waals surface area contributed by atoms with Gasteiger partial charge in [0, 0.05) is 32.2 Å². The smallest absolute Gasteiger partial charge is 0.406 e. The largest absolute Gasteiger partial charge is 0.573 e. The zero-order valence-corrected chi connectivity index (χ0v) is 19.0. The lowest BCUT2D eigenvalue weighted by Crippen LogP contribution is -2.36. The second-order valence-corrected chi connectivity index (χ2v) is 8.01. The van der Waals surface area contributed by atoms with E-state index in [1.54, 1.807) is 4.57 Å². The maximum Gasteiger partial charge on any atom is 0.573 e. The van der Waals surface area contributed by atoms with Gasteiger partial charge < -0.3 is 24.1 Å². The molecule has 3 heterocycles. The third kappa shape index (κ3) is 5.87. The number of nitrogens with one attached hydrogen (secondary N) is 1. The minimum atomic E-state index is -4.87. The molecule has 1 aliphatic heterocycles. The number of hydrogen-bond acceptors (Lipinski definition) is 7. The Hall–Kier alpha value is -3.39. The highest BCUT2D eigenvalue weighted by molar-refractivity contribution is 5.92. The number of fused-ring (bicyclic) bond motifs is 1. The van der Waals surface area contributed by atoms with Crippen molar-refractivity contribution in [3.63, 3.8) is 0 Å². The SMILES string of the molecule is COCCn1c([C@@H](NC(=O)c2cnc(C(F)F)cn2)[C@@H]2CCOC2)nc2cc(OC(F)(F)F)ccc21. The van der Waals surface area contributed by atoms with Gasteiger partial charge in [-0.05, 0) is 18.6 Å². The van der Waals surface area contributed by atoms with E-state index in [1.807, 2.05) is 0 Å². The standard InChI is InChI=1S/C22H22F5N5O4/c1-34-7-5-32-17-3-2-13(36-22(25,26)27)8-14(17)30-20(32)18(12-4-6-35-11-12)31-21(33)16-10-28-15(9-29-16)19(23)24/h2-3,8-10,12,18-19H,4-7,11H2,1H3,(H,31,33)/t12-,18+/m1/s1. The minimum absolute atomic E-state index is 0.177. The van der Waals surface area contributed by atoms with E-state index in [2.05, 4.69) is 25.0 Å². The lowest BCUT2D eigenvalue weighted by Gasteiger charge is -2.24. The van der Waals surface area contributed by atoms with Crippen LogP contribution in [0.4, 0.5) is 22.0 Å². The summed E-state index contributed by atoms with van der Waals surface area (Å²) in [6.07, 6.45) is -5.34. The van der Waals surface area contributed by atoms with Crippen LogP contribution < -0.4 is 10.1 Å². The molecule has 2 aromatic heterocycles. The van der Waals surface area contributed by atoms with Crippen LogP contribution in [0.2, 0.25) is 0 Å². The Balaban J connectivity index is 1.71. The van der Waals surface area contributed by atoms with Gasteiger partial charge in [-0.15, -0.1) is 13.2 Å². The fourth-order valence-corrected chi connectivity index (χ4v) is 3.97. The first kappa shape index (κ1) is 25.7. The summed E-state index contributed by atoms with van der Waals surface area (Å²) in [4.78, 5) is 24.9. The molecule has 0 aliphatic carbocycles. The maximum absolute atomic E-state index is 13.0. The number of amides is 1. The van der Waals surface area contributed by atoms with Crippen molar-refractivity contribution >= 4 is 16.9 Å². The monoisotopic (exact) mass is 515 g/mol. The first-order valence-electron chi connectivity index (χ1n) is 10.9. The van der Waals surface area contributed by atoms with Crippen molar-refractivity contribution < 1.29 is 41.0 Å². The van der Waals surface area contributed by atoms with Gasteiger partial charge in [-0.3, -0.25) is 9.78 Å². The summed E-state index contributed by atoms with van der Waals surface area (Å²) in [5.74, 6) is -0.956. The molecule has 14 heteroatoms. The fraction of sp³-hybridized carbons (Fsp3) is 0.455. The number of imidazole rings is 1. The highest BCUT2D eigenvalue weighted by Gasteiger charge is 2.34. The molecule has 1 saturated heterocycles. The van der Waals surface area contributed by atoms with Gasteiger partial charge in [0.2, 0.25) is 0 Å². The van der Waals surface area contributed by atoms with Crippen LogP contribution in [0.3, 0.4) is 0 Å². The second kappa shape index (κ2) is 10.7. The minimum Gasteiger partial charge on any atom is -0.406 e. The summed E-state index contributed by atoms with van der Waals surface area (Å²) in [5.41, 5.74) is -0.00725. The molecule has 4 rings (SSSR count). The van der Waals surface area contributed by atoms with Crippen molar-refractivity contribution in [3.05, 3.63) is 47.8 Å². The average molecular weight is 515 g/mol. The molecule has 194 valence electrons. The van der Waals surface area contributed by atoms with Crippen LogP contribution in [0.1, 0.15) is 40.9 Å². The Morgan fingerprint density at radius 1 is 1.28 bits per heavy atom. The van der Waals surface area contributed by atoms with Gasteiger partial charge >= 0.3 is 6.36 Å². The van der Waals surface area contributed by atoms with Crippen LogP contribution in [-0.4, -0.2) is 58.7 Å². The number of benzene rings is 1. The van der Waals surface area contributed by atoms with E-state index >= 15 is 0 Å². The number of ether oxygens (including phenoxy) is 3. The van der Waals surface area contributed by atoms with Gasteiger partial charge in [0.25, 0.3) is 12.3 Å². The molecule has 1 aromatic carbocycles. The Bertz CT molecular complexity index is 1200. The van der Waals surface area contributed by atoms with E-state index < -0.39 is 36.2 Å². The Labute approximate surface area is 201 Å². The van der Waals surface area contributed by atoms with Crippen molar-refractivity contribution in [1.29, 1.82) is 0 Å². The molecule has 0 bridgehead atoms. The molecule has 0 spiro atoms. The molecular weight excluding hydrogens is 493 g/mol. The van der Waals surface area contributed by atoms with Gasteiger partial charge in [0.15, 0.2) is 0 Å². The summed E-state index contributed by atoms with van der Waals surface area (Å²) in [6, 6.07) is 3.06. The number of hydrogen-bond donors (Lipinski definition) is 1. The summed E-state index contributed by atoms with van der Waals surface area (Å²) in [5, 5.41) is 2.83. The highest BCUT2D eigenvalue weighted by Crippen LogP contribution is 2.33. The van der Waals surface area contributed by atoms with Crippen LogP contribution in [0.15, 0.2) is 30.6 Å². The van der Waals surface area contributed by atoms with Crippen molar-refractivity contribution in [2.24, 2.45) is 5.92 Å². The normalized spacial score (nSPS) is 17.0. The lowest BCUT2D eigenvalue weighted by molar-refractivity contribution is -0.274. The maximum atomic E-state index is 13.0. The summed E-state index contributed by atoms with van der Waals surface area (Å²) < 4.78 is 80.2. The van der Waals surface area contributed by atoms with Crippen LogP contribution in [0.25, 0.3) is 11.0 Å². The van der Waals surface area contributed by atoms with E-state index in [0.717, 1.165) is 18.5 Å². The number of carbonyl (C=O) groups is 1. The first-order chi connectivity index (χ1) is 17.2. The number of aromatic nitrogens is 4. The van der Waals surface area contributed by atoms with Gasteiger partial charge in [-0.25, -0.2) is 18.7 Å². The molecule has 0 radical (unpaired) electrons. The molecule has 1 aliphatic rings. The zero-order chi connectivity index (χ0) is 25.9. The Morgan fingerprint density at radius 3 is 2.69 bits per heavy atom. The molecule has 3 aromatic rings.